The Morgan fingerprint density at radius 3 is 2.38 bits per heavy atom. The largest absolute Gasteiger partial charge is 0.343 e. The van der Waals surface area contributed by atoms with Gasteiger partial charge in [0.15, 0.2) is 0 Å². The Labute approximate surface area is 132 Å². The van der Waals surface area contributed by atoms with Crippen molar-refractivity contribution in [2.24, 2.45) is 0 Å². The minimum absolute atomic E-state index is 0.0696. The van der Waals surface area contributed by atoms with Crippen LogP contribution in [0.2, 0.25) is 0 Å². The fraction of sp³-hybridized carbons (Fsp3) is 0.235. The van der Waals surface area contributed by atoms with Crippen molar-refractivity contribution < 1.29 is 9.18 Å². The second kappa shape index (κ2) is 5.98. The van der Waals surface area contributed by atoms with Gasteiger partial charge in [0.25, 0.3) is 5.91 Å². The second-order valence-electron chi connectivity index (χ2n) is 5.57. The highest BCUT2D eigenvalue weighted by Gasteiger charge is 2.24. The molecule has 0 spiro atoms. The molecule has 0 radical (unpaired) electrons. The maximum Gasteiger partial charge on any atom is 0.254 e. The highest BCUT2D eigenvalue weighted by molar-refractivity contribution is 9.10. The number of carbonyl (C=O) groups excluding carboxylic acids is 1. The van der Waals surface area contributed by atoms with Gasteiger partial charge >= 0.3 is 0 Å². The van der Waals surface area contributed by atoms with E-state index in [0.717, 1.165) is 15.6 Å². The second-order valence-corrected chi connectivity index (χ2v) is 6.48. The van der Waals surface area contributed by atoms with Crippen molar-refractivity contribution in [3.8, 4) is 0 Å². The van der Waals surface area contributed by atoms with Gasteiger partial charge < -0.3 is 5.32 Å². The summed E-state index contributed by atoms with van der Waals surface area (Å²) in [6, 6.07) is 12.2. The summed E-state index contributed by atoms with van der Waals surface area (Å²) in [5.74, 6) is -0.922. The molecule has 1 N–H and O–H groups in total. The van der Waals surface area contributed by atoms with Crippen LogP contribution in [0.1, 0.15) is 35.3 Å². The van der Waals surface area contributed by atoms with E-state index in [2.05, 4.69) is 21.2 Å². The normalized spacial score (nSPS) is 11.3. The highest BCUT2D eigenvalue weighted by atomic mass is 79.9. The van der Waals surface area contributed by atoms with Crippen LogP contribution in [-0.4, -0.2) is 5.91 Å². The Morgan fingerprint density at radius 2 is 1.76 bits per heavy atom. The van der Waals surface area contributed by atoms with Crippen molar-refractivity contribution >= 4 is 21.8 Å². The van der Waals surface area contributed by atoms with Gasteiger partial charge in [0.2, 0.25) is 0 Å². The third-order valence-corrected chi connectivity index (χ3v) is 3.89. The minimum Gasteiger partial charge on any atom is -0.343 e. The Bertz CT molecular complexity index is 665. The van der Waals surface area contributed by atoms with Gasteiger partial charge in [-0.3, -0.25) is 4.79 Å². The fourth-order valence-electron chi connectivity index (χ4n) is 2.10. The lowest BCUT2D eigenvalue weighted by Crippen LogP contribution is -2.41. The Balaban J connectivity index is 2.25. The van der Waals surface area contributed by atoms with Crippen LogP contribution in [-0.2, 0) is 5.54 Å². The number of hydrogen-bond donors (Lipinski definition) is 1. The van der Waals surface area contributed by atoms with E-state index in [1.165, 1.54) is 6.07 Å². The monoisotopic (exact) mass is 349 g/mol. The van der Waals surface area contributed by atoms with Gasteiger partial charge in [-0.2, -0.15) is 0 Å². The summed E-state index contributed by atoms with van der Waals surface area (Å²) < 4.78 is 14.8. The lowest BCUT2D eigenvalue weighted by atomic mass is 9.94. The molecular weight excluding hydrogens is 333 g/mol. The summed E-state index contributed by atoms with van der Waals surface area (Å²) in [5.41, 5.74) is 1.28. The number of amides is 1. The molecule has 0 atom stereocenters. The molecule has 0 heterocycles. The number of carbonyl (C=O) groups is 1. The summed E-state index contributed by atoms with van der Waals surface area (Å²) in [6.07, 6.45) is 0. The van der Waals surface area contributed by atoms with Gasteiger partial charge in [-0.15, -0.1) is 0 Å². The first-order chi connectivity index (χ1) is 9.79. The van der Waals surface area contributed by atoms with Crippen LogP contribution in [0, 0.1) is 12.7 Å². The van der Waals surface area contributed by atoms with Crippen LogP contribution in [0.15, 0.2) is 46.9 Å². The zero-order valence-corrected chi connectivity index (χ0v) is 13.8. The molecule has 2 aromatic rings. The van der Waals surface area contributed by atoms with Crippen LogP contribution >= 0.6 is 15.9 Å². The molecule has 0 saturated heterocycles. The molecule has 110 valence electrons. The van der Waals surface area contributed by atoms with E-state index in [1.807, 2.05) is 45.0 Å². The first-order valence-corrected chi connectivity index (χ1v) is 7.43. The maximum atomic E-state index is 13.8. The molecular formula is C17H17BrFNO. The summed E-state index contributed by atoms with van der Waals surface area (Å²) >= 11 is 3.38. The molecule has 0 aliphatic rings. The molecule has 0 aliphatic carbocycles. The van der Waals surface area contributed by atoms with E-state index >= 15 is 0 Å². The number of rotatable bonds is 3. The van der Waals surface area contributed by atoms with E-state index in [4.69, 9.17) is 0 Å². The van der Waals surface area contributed by atoms with Gasteiger partial charge in [-0.1, -0.05) is 39.7 Å². The molecule has 4 heteroatoms. The number of nitrogens with one attached hydrogen (secondary N) is 1. The van der Waals surface area contributed by atoms with Crippen molar-refractivity contribution in [1.29, 1.82) is 0 Å². The summed E-state index contributed by atoms with van der Waals surface area (Å²) in [6.45, 7) is 5.61. The topological polar surface area (TPSA) is 29.1 Å². The summed E-state index contributed by atoms with van der Waals surface area (Å²) in [7, 11) is 0. The van der Waals surface area contributed by atoms with Crippen LogP contribution in [0.3, 0.4) is 0 Å². The lowest BCUT2D eigenvalue weighted by Gasteiger charge is -2.27. The van der Waals surface area contributed by atoms with Crippen LogP contribution in [0.4, 0.5) is 4.39 Å². The van der Waals surface area contributed by atoms with Crippen LogP contribution < -0.4 is 5.32 Å². The Morgan fingerprint density at radius 1 is 1.14 bits per heavy atom. The molecule has 2 nitrogen and oxygen atoms in total. The van der Waals surface area contributed by atoms with Crippen molar-refractivity contribution in [3.05, 3.63) is 69.4 Å². The molecule has 0 aromatic heterocycles. The van der Waals surface area contributed by atoms with E-state index in [0.29, 0.717) is 0 Å². The zero-order valence-electron chi connectivity index (χ0n) is 12.2. The Hall–Kier alpha value is -1.68. The van der Waals surface area contributed by atoms with Crippen LogP contribution in [0.25, 0.3) is 0 Å². The minimum atomic E-state index is -0.589. The average Bonchev–Trinajstić information content (AvgIpc) is 2.41. The Kier molecular flexibility index (Phi) is 4.47. The van der Waals surface area contributed by atoms with Crippen LogP contribution in [0.5, 0.6) is 0 Å². The molecule has 0 bridgehead atoms. The molecule has 0 unspecified atom stereocenters. The quantitative estimate of drug-likeness (QED) is 0.864. The number of hydrogen-bond acceptors (Lipinski definition) is 1. The molecule has 0 aliphatic heterocycles. The molecule has 2 rings (SSSR count). The third-order valence-electron chi connectivity index (χ3n) is 3.36. The maximum absolute atomic E-state index is 13.8. The van der Waals surface area contributed by atoms with Crippen molar-refractivity contribution in [2.75, 3.05) is 0 Å². The predicted octanol–water partition coefficient (Wildman–Crippen LogP) is 4.56. The zero-order chi connectivity index (χ0) is 15.6. The number of aryl methyl sites for hydroxylation is 1. The van der Waals surface area contributed by atoms with E-state index in [-0.39, 0.29) is 5.56 Å². The van der Waals surface area contributed by atoms with Gasteiger partial charge in [0, 0.05) is 4.47 Å². The van der Waals surface area contributed by atoms with Gasteiger partial charge in [-0.05, 0) is 50.6 Å². The predicted molar refractivity (Wildman–Crippen MR) is 85.8 cm³/mol. The fourth-order valence-corrected chi connectivity index (χ4v) is 2.37. The smallest absolute Gasteiger partial charge is 0.254 e. The molecule has 2 aromatic carbocycles. The summed E-state index contributed by atoms with van der Waals surface area (Å²) in [5, 5.41) is 2.88. The first-order valence-electron chi connectivity index (χ1n) is 6.64. The lowest BCUT2D eigenvalue weighted by molar-refractivity contribution is 0.0908. The SMILES string of the molecule is Cc1ccc(F)c(C(=O)NC(C)(C)c2ccc(Br)cc2)c1. The van der Waals surface area contributed by atoms with E-state index in [1.54, 1.807) is 12.1 Å². The average molecular weight is 350 g/mol. The van der Waals surface area contributed by atoms with Crippen molar-refractivity contribution in [2.45, 2.75) is 26.3 Å². The van der Waals surface area contributed by atoms with Crippen molar-refractivity contribution in [1.82, 2.24) is 5.32 Å². The van der Waals surface area contributed by atoms with Gasteiger partial charge in [-0.25, -0.2) is 4.39 Å². The number of benzene rings is 2. The molecule has 21 heavy (non-hydrogen) atoms. The van der Waals surface area contributed by atoms with Gasteiger partial charge in [0.05, 0.1) is 11.1 Å². The van der Waals surface area contributed by atoms with Gasteiger partial charge in [0.1, 0.15) is 5.82 Å². The highest BCUT2D eigenvalue weighted by Crippen LogP contribution is 2.23. The summed E-state index contributed by atoms with van der Waals surface area (Å²) in [4.78, 5) is 12.3. The molecule has 0 saturated carbocycles. The number of halogens is 2. The first kappa shape index (κ1) is 15.7. The van der Waals surface area contributed by atoms with E-state index < -0.39 is 17.3 Å². The third kappa shape index (κ3) is 3.70. The molecule has 1 amide bonds. The standard InChI is InChI=1S/C17H17BrFNO/c1-11-4-9-15(19)14(10-11)16(21)20-17(2,3)12-5-7-13(18)8-6-12/h4-10H,1-3H3,(H,20,21). The van der Waals surface area contributed by atoms with Crippen molar-refractivity contribution in [3.63, 3.8) is 0 Å². The molecule has 0 fully saturated rings. The van der Waals surface area contributed by atoms with E-state index in [9.17, 15) is 9.18 Å².